The fraction of sp³-hybridized carbons (Fsp3) is 0.600. The zero-order valence-corrected chi connectivity index (χ0v) is 8.64. The van der Waals surface area contributed by atoms with Gasteiger partial charge in [-0.05, 0) is 0 Å². The van der Waals surface area contributed by atoms with Crippen molar-refractivity contribution >= 4 is 24.0 Å². The van der Waals surface area contributed by atoms with Crippen LogP contribution in [0.3, 0.4) is 0 Å². The molecule has 1 radical (unpaired) electrons. The van der Waals surface area contributed by atoms with Gasteiger partial charge in [0.25, 0.3) is 0 Å². The molecule has 0 aromatic carbocycles. The topological polar surface area (TPSA) is 0 Å². The van der Waals surface area contributed by atoms with E-state index in [0.29, 0.717) is 0 Å². The third kappa shape index (κ3) is 103. The Morgan fingerprint density at radius 2 is 1.29 bits per heavy atom. The summed E-state index contributed by atoms with van der Waals surface area (Å²) in [5.74, 6) is 0. The molecule has 0 bridgehead atoms. The fourth-order valence-electron chi connectivity index (χ4n) is 0. The minimum absolute atomic E-state index is 0. The van der Waals surface area contributed by atoms with Gasteiger partial charge in [-0.3, -0.25) is 0 Å². The predicted octanol–water partition coefficient (Wildman–Crippen LogP) is 2.69. The summed E-state index contributed by atoms with van der Waals surface area (Å²) in [5.41, 5.74) is 0. The number of halogens is 1. The van der Waals surface area contributed by atoms with Crippen molar-refractivity contribution < 1.29 is 22.4 Å². The van der Waals surface area contributed by atoms with Crippen molar-refractivity contribution in [3.63, 3.8) is 0 Å². The van der Waals surface area contributed by atoms with Crippen molar-refractivity contribution in [2.45, 2.75) is 20.3 Å². The molecule has 0 spiro atoms. The molecule has 0 atom stereocenters. The van der Waals surface area contributed by atoms with Crippen LogP contribution in [-0.2, 0) is 22.4 Å². The van der Waals surface area contributed by atoms with Crippen LogP contribution in [0.4, 0.5) is 0 Å². The van der Waals surface area contributed by atoms with E-state index in [1.54, 1.807) is 6.92 Å². The summed E-state index contributed by atoms with van der Waals surface area (Å²) >= 11 is 0. The van der Waals surface area contributed by atoms with Crippen molar-refractivity contribution in [1.82, 2.24) is 0 Å². The van der Waals surface area contributed by atoms with E-state index >= 15 is 0 Å². The van der Waals surface area contributed by atoms with E-state index in [-0.39, 0.29) is 46.4 Å². The van der Waals surface area contributed by atoms with E-state index < -0.39 is 0 Å². The van der Waals surface area contributed by atoms with E-state index in [4.69, 9.17) is 0 Å². The van der Waals surface area contributed by atoms with Crippen LogP contribution in [0.5, 0.6) is 0 Å². The standard InChI is InChI=1S/C3H7.C2H5.Ag.HI/c1-3-2;1-2;;/h1,3H2,2H3;1H2,2H3;;1H/q2*-1;;. The molecule has 0 nitrogen and oxygen atoms in total. The van der Waals surface area contributed by atoms with Crippen LogP contribution in [0.2, 0.25) is 0 Å². The molecule has 0 saturated carbocycles. The second kappa shape index (κ2) is 51.3. The van der Waals surface area contributed by atoms with Gasteiger partial charge < -0.3 is 13.8 Å². The Morgan fingerprint density at radius 1 is 1.29 bits per heavy atom. The Kier molecular flexibility index (Phi) is 173. The molecular formula is C5H13AgI-2. The van der Waals surface area contributed by atoms with Crippen LogP contribution in [0.25, 0.3) is 0 Å². The maximum atomic E-state index is 3.49. The Hall–Kier alpha value is 1.47. The quantitative estimate of drug-likeness (QED) is 0.367. The molecule has 0 aliphatic heterocycles. The number of hydrogen-bond donors (Lipinski definition) is 0. The van der Waals surface area contributed by atoms with E-state index in [2.05, 4.69) is 13.8 Å². The van der Waals surface area contributed by atoms with Crippen molar-refractivity contribution in [2.75, 3.05) is 0 Å². The SMILES string of the molecule is I.[Ag].[CH2-]C.[CH2-]CC. The van der Waals surface area contributed by atoms with E-state index in [1.165, 1.54) is 0 Å². The van der Waals surface area contributed by atoms with Crippen molar-refractivity contribution in [3.8, 4) is 0 Å². The Bertz CT molecular complexity index is 8.04. The normalized spacial score (nSPS) is 3.43. The molecule has 0 saturated heterocycles. The molecular weight excluding hydrogens is 295 g/mol. The van der Waals surface area contributed by atoms with Crippen LogP contribution >= 0.6 is 24.0 Å². The minimum Gasteiger partial charge on any atom is -0.346 e. The van der Waals surface area contributed by atoms with Gasteiger partial charge in [0.15, 0.2) is 0 Å². The second-order valence-electron chi connectivity index (χ2n) is 0.500. The number of rotatable bonds is 0. The molecule has 0 aromatic rings. The maximum absolute atomic E-state index is 3.49. The molecule has 0 aromatic heterocycles. The molecule has 0 aliphatic rings. The van der Waals surface area contributed by atoms with Crippen LogP contribution in [0.1, 0.15) is 20.3 Å². The minimum atomic E-state index is 0. The van der Waals surface area contributed by atoms with Gasteiger partial charge >= 0.3 is 0 Å². The van der Waals surface area contributed by atoms with E-state index in [9.17, 15) is 0 Å². The largest absolute Gasteiger partial charge is 0.346 e. The molecule has 0 rings (SSSR count). The van der Waals surface area contributed by atoms with Gasteiger partial charge in [0.1, 0.15) is 0 Å². The van der Waals surface area contributed by atoms with Crippen LogP contribution < -0.4 is 0 Å². The molecule has 0 amide bonds. The zero-order chi connectivity index (χ0) is 4.71. The molecule has 7 heavy (non-hydrogen) atoms. The van der Waals surface area contributed by atoms with Crippen LogP contribution in [-0.4, -0.2) is 0 Å². The average molecular weight is 308 g/mol. The first-order valence-electron chi connectivity index (χ1n) is 1.91. The van der Waals surface area contributed by atoms with Gasteiger partial charge in [0, 0.05) is 22.4 Å². The zero-order valence-electron chi connectivity index (χ0n) is 4.83. The summed E-state index contributed by atoms with van der Waals surface area (Å²) in [5, 5.41) is 0. The van der Waals surface area contributed by atoms with Gasteiger partial charge in [-0.2, -0.15) is 13.3 Å². The summed E-state index contributed by atoms with van der Waals surface area (Å²) in [4.78, 5) is 0. The Morgan fingerprint density at radius 3 is 1.29 bits per heavy atom. The third-order valence-electron chi connectivity index (χ3n) is 0. The third-order valence-corrected chi connectivity index (χ3v) is 0. The molecule has 53 valence electrons. The van der Waals surface area contributed by atoms with Gasteiger partial charge in [-0.25, -0.2) is 0 Å². The fourth-order valence-corrected chi connectivity index (χ4v) is 0. The molecule has 0 aliphatic carbocycles. The van der Waals surface area contributed by atoms with Gasteiger partial charge in [-0.15, -0.1) is 24.0 Å². The van der Waals surface area contributed by atoms with Crippen molar-refractivity contribution in [2.24, 2.45) is 0 Å². The molecule has 0 heterocycles. The smallest absolute Gasteiger partial charge is 0 e. The molecule has 2 heteroatoms. The number of hydrogen-bond acceptors (Lipinski definition) is 0. The van der Waals surface area contributed by atoms with E-state index in [1.807, 2.05) is 6.92 Å². The first kappa shape index (κ1) is 23.7. The molecule has 0 fully saturated rings. The van der Waals surface area contributed by atoms with E-state index in [0.717, 1.165) is 6.42 Å². The monoisotopic (exact) mass is 307 g/mol. The predicted molar refractivity (Wildman–Crippen MR) is 42.1 cm³/mol. The Labute approximate surface area is 80.0 Å². The first-order chi connectivity index (χ1) is 2.41. The summed E-state index contributed by atoms with van der Waals surface area (Å²) in [6.07, 6.45) is 1.00. The van der Waals surface area contributed by atoms with Gasteiger partial charge in [-0.1, -0.05) is 6.92 Å². The summed E-state index contributed by atoms with van der Waals surface area (Å²) < 4.78 is 0. The van der Waals surface area contributed by atoms with Gasteiger partial charge in [0.2, 0.25) is 0 Å². The summed E-state index contributed by atoms with van der Waals surface area (Å²) in [6, 6.07) is 0. The summed E-state index contributed by atoms with van der Waals surface area (Å²) in [6.45, 7) is 10.5. The van der Waals surface area contributed by atoms with Crippen molar-refractivity contribution in [1.29, 1.82) is 0 Å². The van der Waals surface area contributed by atoms with Crippen LogP contribution in [0, 0.1) is 13.8 Å². The summed E-state index contributed by atoms with van der Waals surface area (Å²) in [7, 11) is 0. The Balaban J connectivity index is -0.0000000105. The van der Waals surface area contributed by atoms with Crippen LogP contribution in [0.15, 0.2) is 0 Å². The first-order valence-corrected chi connectivity index (χ1v) is 1.91. The van der Waals surface area contributed by atoms with Crippen molar-refractivity contribution in [3.05, 3.63) is 13.8 Å². The molecule has 0 unspecified atom stereocenters. The molecule has 0 N–H and O–H groups in total. The van der Waals surface area contributed by atoms with Gasteiger partial charge in [0.05, 0.1) is 0 Å². The second-order valence-corrected chi connectivity index (χ2v) is 0.500. The average Bonchev–Trinajstić information content (AvgIpc) is 1.46. The maximum Gasteiger partial charge on any atom is 0 e.